The number of hydrogen-bond acceptors (Lipinski definition) is 8. The molecule has 2 aromatic heterocycles. The smallest absolute Gasteiger partial charge is 0.310 e. The quantitative estimate of drug-likeness (QED) is 0.467. The summed E-state index contributed by atoms with van der Waals surface area (Å²) >= 11 is 0. The van der Waals surface area contributed by atoms with Gasteiger partial charge in [-0.25, -0.2) is 13.4 Å². The Balaban J connectivity index is 1.34. The molecule has 1 N–H and O–H groups in total. The lowest BCUT2D eigenvalue weighted by Crippen LogP contribution is -2.52. The van der Waals surface area contributed by atoms with Crippen molar-refractivity contribution in [3.05, 3.63) is 72.2 Å². The molecule has 3 aromatic rings. The van der Waals surface area contributed by atoms with Gasteiger partial charge < -0.3 is 10.2 Å². The molecule has 3 atom stereocenters. The Morgan fingerprint density at radius 3 is 2.56 bits per heavy atom. The molecule has 5 rings (SSSR count). The minimum Gasteiger partial charge on any atom is -0.339 e. The SMILES string of the molecule is CCCC(NC(=O)c1ccc2ccccc2n1)C(=O)N1CCC2C1C(=O)CN2S(=O)(=O)C(=O)c1ccccn1. The summed E-state index contributed by atoms with van der Waals surface area (Å²) in [4.78, 5) is 62.0. The fourth-order valence-electron chi connectivity index (χ4n) is 5.23. The van der Waals surface area contributed by atoms with Gasteiger partial charge in [-0.05, 0) is 37.1 Å². The van der Waals surface area contributed by atoms with Gasteiger partial charge in [0.05, 0.1) is 18.1 Å². The lowest BCUT2D eigenvalue weighted by molar-refractivity contribution is -0.138. The van der Waals surface area contributed by atoms with Crippen LogP contribution in [0.2, 0.25) is 0 Å². The van der Waals surface area contributed by atoms with Crippen molar-refractivity contribution in [1.82, 2.24) is 24.5 Å². The summed E-state index contributed by atoms with van der Waals surface area (Å²) in [5, 5.41) is 2.43. The molecule has 0 spiro atoms. The highest BCUT2D eigenvalue weighted by Crippen LogP contribution is 2.33. The number of sulfonamides is 1. The molecule has 0 bridgehead atoms. The predicted molar refractivity (Wildman–Crippen MR) is 141 cm³/mol. The third-order valence-corrected chi connectivity index (χ3v) is 8.78. The van der Waals surface area contributed by atoms with Crippen LogP contribution in [-0.4, -0.2) is 81.5 Å². The van der Waals surface area contributed by atoms with Crippen LogP contribution in [0.1, 0.15) is 47.2 Å². The summed E-state index contributed by atoms with van der Waals surface area (Å²) < 4.78 is 27.2. The van der Waals surface area contributed by atoms with Gasteiger partial charge in [-0.3, -0.25) is 24.2 Å². The van der Waals surface area contributed by atoms with E-state index >= 15 is 0 Å². The van der Waals surface area contributed by atoms with E-state index < -0.39 is 57.4 Å². The van der Waals surface area contributed by atoms with Gasteiger partial charge in [0.2, 0.25) is 5.91 Å². The van der Waals surface area contributed by atoms with E-state index in [-0.39, 0.29) is 24.4 Å². The third-order valence-electron chi connectivity index (χ3n) is 7.09. The molecule has 3 unspecified atom stereocenters. The highest BCUT2D eigenvalue weighted by molar-refractivity contribution is 8.04. The summed E-state index contributed by atoms with van der Waals surface area (Å²) in [6.07, 6.45) is 2.40. The fourth-order valence-corrected chi connectivity index (χ4v) is 6.71. The minimum absolute atomic E-state index is 0.119. The number of ketones is 1. The van der Waals surface area contributed by atoms with Gasteiger partial charge in [-0.15, -0.1) is 0 Å². The number of nitrogens with zero attached hydrogens (tertiary/aromatic N) is 4. The Morgan fingerprint density at radius 1 is 1.05 bits per heavy atom. The Hall–Kier alpha value is -4.03. The summed E-state index contributed by atoms with van der Waals surface area (Å²) in [7, 11) is -4.54. The van der Waals surface area contributed by atoms with Gasteiger partial charge in [0.1, 0.15) is 23.5 Å². The molecule has 2 aliphatic rings. The number of Topliss-reactive ketones (excluding diaryl/α,β-unsaturated/α-hetero) is 1. The van der Waals surface area contributed by atoms with Gasteiger partial charge in [0.25, 0.3) is 15.9 Å². The van der Waals surface area contributed by atoms with E-state index in [4.69, 9.17) is 0 Å². The molecule has 0 radical (unpaired) electrons. The summed E-state index contributed by atoms with van der Waals surface area (Å²) in [6.45, 7) is 1.48. The fraction of sp³-hybridized carbons (Fsp3) is 0.333. The number of likely N-dealkylation sites (tertiary alicyclic amines) is 1. The van der Waals surface area contributed by atoms with Gasteiger partial charge >= 0.3 is 5.12 Å². The summed E-state index contributed by atoms with van der Waals surface area (Å²) in [5.74, 6) is -1.46. The second kappa shape index (κ2) is 10.6. The first-order chi connectivity index (χ1) is 18.7. The van der Waals surface area contributed by atoms with E-state index in [1.54, 1.807) is 24.3 Å². The molecule has 12 heteroatoms. The number of rotatable bonds is 7. The standard InChI is InChI=1S/C27H27N5O6S/c1-2-7-20(30-25(34)19-12-11-17-8-3-4-9-18(17)29-19)26(35)31-15-13-22-24(31)23(33)16-32(22)39(37,38)27(36)21-10-5-6-14-28-21/h3-6,8-12,14,20,22,24H,2,7,13,15-16H2,1H3,(H,30,34). The van der Waals surface area contributed by atoms with E-state index in [1.807, 2.05) is 25.1 Å². The zero-order valence-electron chi connectivity index (χ0n) is 21.2. The number of para-hydroxylation sites is 1. The zero-order valence-corrected chi connectivity index (χ0v) is 22.0. The van der Waals surface area contributed by atoms with Crippen molar-refractivity contribution in [3.63, 3.8) is 0 Å². The number of carbonyl (C=O) groups excluding carboxylic acids is 4. The zero-order chi connectivity index (χ0) is 27.7. The average Bonchev–Trinajstić information content (AvgIpc) is 3.53. The molecular formula is C27H27N5O6S. The average molecular weight is 550 g/mol. The number of hydrogen-bond donors (Lipinski definition) is 1. The van der Waals surface area contributed by atoms with Crippen LogP contribution >= 0.6 is 0 Å². The van der Waals surface area contributed by atoms with E-state index in [0.29, 0.717) is 18.4 Å². The topological polar surface area (TPSA) is 147 Å². The van der Waals surface area contributed by atoms with Crippen LogP contribution in [0.25, 0.3) is 10.9 Å². The molecule has 0 saturated carbocycles. The molecule has 202 valence electrons. The Morgan fingerprint density at radius 2 is 1.82 bits per heavy atom. The first-order valence-corrected chi connectivity index (χ1v) is 14.1. The van der Waals surface area contributed by atoms with Crippen molar-refractivity contribution in [2.45, 2.75) is 44.3 Å². The number of nitrogens with one attached hydrogen (secondary N) is 1. The van der Waals surface area contributed by atoms with Gasteiger partial charge in [-0.2, -0.15) is 4.31 Å². The van der Waals surface area contributed by atoms with Crippen molar-refractivity contribution in [3.8, 4) is 0 Å². The van der Waals surface area contributed by atoms with Crippen molar-refractivity contribution >= 4 is 43.6 Å². The van der Waals surface area contributed by atoms with Crippen molar-refractivity contribution < 1.29 is 27.6 Å². The Labute approximate surface area is 225 Å². The van der Waals surface area contributed by atoms with E-state index in [0.717, 1.165) is 9.69 Å². The predicted octanol–water partition coefficient (Wildman–Crippen LogP) is 1.55. The maximum Gasteiger partial charge on any atom is 0.310 e. The molecule has 11 nitrogen and oxygen atoms in total. The maximum atomic E-state index is 13.6. The lowest BCUT2D eigenvalue weighted by Gasteiger charge is -2.28. The van der Waals surface area contributed by atoms with Crippen LogP contribution in [0, 0.1) is 0 Å². The molecule has 1 aromatic carbocycles. The summed E-state index contributed by atoms with van der Waals surface area (Å²) in [6, 6.07) is 12.2. The monoisotopic (exact) mass is 549 g/mol. The van der Waals surface area contributed by atoms with Crippen molar-refractivity contribution in [1.29, 1.82) is 0 Å². The minimum atomic E-state index is -4.54. The molecule has 0 aliphatic carbocycles. The molecule has 2 aliphatic heterocycles. The molecular weight excluding hydrogens is 522 g/mol. The van der Waals surface area contributed by atoms with Gasteiger partial charge in [-0.1, -0.05) is 43.7 Å². The Kier molecular flexibility index (Phi) is 7.23. The second-order valence-electron chi connectivity index (χ2n) is 9.56. The van der Waals surface area contributed by atoms with Crippen molar-refractivity contribution in [2.24, 2.45) is 0 Å². The summed E-state index contributed by atoms with van der Waals surface area (Å²) in [5.41, 5.74) is 0.556. The van der Waals surface area contributed by atoms with Crippen LogP contribution in [0.15, 0.2) is 60.8 Å². The van der Waals surface area contributed by atoms with Crippen LogP contribution in [0.3, 0.4) is 0 Å². The Bertz CT molecular complexity index is 1560. The number of pyridine rings is 2. The lowest BCUT2D eigenvalue weighted by atomic mass is 10.1. The number of fused-ring (bicyclic) bond motifs is 2. The normalized spacial score (nSPS) is 20.1. The van der Waals surface area contributed by atoms with Crippen LogP contribution in [-0.2, 0) is 19.6 Å². The van der Waals surface area contributed by atoms with Crippen LogP contribution < -0.4 is 5.32 Å². The molecule has 2 amide bonds. The largest absolute Gasteiger partial charge is 0.339 e. The van der Waals surface area contributed by atoms with Crippen molar-refractivity contribution in [2.75, 3.05) is 13.1 Å². The number of benzene rings is 1. The van der Waals surface area contributed by atoms with E-state index in [9.17, 15) is 27.6 Å². The molecule has 2 saturated heterocycles. The van der Waals surface area contributed by atoms with Crippen LogP contribution in [0.4, 0.5) is 0 Å². The molecule has 4 heterocycles. The molecule has 2 fully saturated rings. The molecule has 39 heavy (non-hydrogen) atoms. The van der Waals surface area contributed by atoms with Gasteiger partial charge in [0, 0.05) is 18.1 Å². The first-order valence-electron chi connectivity index (χ1n) is 12.7. The highest BCUT2D eigenvalue weighted by Gasteiger charge is 2.55. The maximum absolute atomic E-state index is 13.6. The van der Waals surface area contributed by atoms with Crippen LogP contribution in [0.5, 0.6) is 0 Å². The highest BCUT2D eigenvalue weighted by atomic mass is 32.2. The first kappa shape index (κ1) is 26.6. The van der Waals surface area contributed by atoms with E-state index in [2.05, 4.69) is 15.3 Å². The number of carbonyl (C=O) groups is 4. The number of amides is 2. The second-order valence-corrected chi connectivity index (χ2v) is 11.3. The van der Waals surface area contributed by atoms with E-state index in [1.165, 1.54) is 23.2 Å². The third kappa shape index (κ3) is 4.92. The number of aromatic nitrogens is 2. The van der Waals surface area contributed by atoms with Gasteiger partial charge in [0.15, 0.2) is 5.78 Å².